The van der Waals surface area contributed by atoms with Crippen LogP contribution in [0.1, 0.15) is 18.9 Å². The van der Waals surface area contributed by atoms with Crippen molar-refractivity contribution in [2.24, 2.45) is 5.92 Å². The Bertz CT molecular complexity index is 587. The van der Waals surface area contributed by atoms with Crippen molar-refractivity contribution in [2.75, 3.05) is 31.6 Å². The summed E-state index contributed by atoms with van der Waals surface area (Å²) in [5, 5.41) is 2.98. The highest BCUT2D eigenvalue weighted by atomic mass is 16.2. The summed E-state index contributed by atoms with van der Waals surface area (Å²) in [5.41, 5.74) is 2.66. The number of nitrogens with one attached hydrogen (secondary N) is 1. The molecule has 22 heavy (non-hydrogen) atoms. The number of benzene rings is 1. The minimum atomic E-state index is -0.194. The van der Waals surface area contributed by atoms with Gasteiger partial charge in [-0.25, -0.2) is 0 Å². The fourth-order valence-corrected chi connectivity index (χ4v) is 3.45. The fraction of sp³-hybridized carbons (Fsp3) is 0.529. The van der Waals surface area contributed by atoms with Crippen molar-refractivity contribution in [1.29, 1.82) is 0 Å². The number of anilines is 1. The third kappa shape index (κ3) is 2.80. The number of para-hydroxylation sites is 1. The maximum atomic E-state index is 12.1. The first-order valence-electron chi connectivity index (χ1n) is 7.92. The van der Waals surface area contributed by atoms with Crippen LogP contribution in [-0.4, -0.2) is 49.4 Å². The summed E-state index contributed by atoms with van der Waals surface area (Å²) in [5.74, 6) is -0.138. The molecule has 0 saturated carbocycles. The standard InChI is InChI=1S/C17H23N3O2/c1-12-9-13-5-3-4-6-15(13)20(12)8-7-18-17(22)14-10-16(21)19(2)11-14/h3-6,12,14H,7-11H2,1-2H3,(H,18,22)/t12-,14-/m1/s1. The van der Waals surface area contributed by atoms with Gasteiger partial charge in [-0.05, 0) is 25.0 Å². The second-order valence-electron chi connectivity index (χ2n) is 6.34. The predicted molar refractivity (Wildman–Crippen MR) is 85.7 cm³/mol. The van der Waals surface area contributed by atoms with Crippen molar-refractivity contribution in [3.8, 4) is 0 Å². The molecule has 0 aromatic heterocycles. The van der Waals surface area contributed by atoms with Gasteiger partial charge in [-0.15, -0.1) is 0 Å². The van der Waals surface area contributed by atoms with E-state index >= 15 is 0 Å². The minimum Gasteiger partial charge on any atom is -0.367 e. The van der Waals surface area contributed by atoms with Crippen LogP contribution in [0.4, 0.5) is 5.69 Å². The third-order valence-corrected chi connectivity index (χ3v) is 4.71. The lowest BCUT2D eigenvalue weighted by molar-refractivity contribution is -0.128. The lowest BCUT2D eigenvalue weighted by atomic mass is 10.1. The van der Waals surface area contributed by atoms with Gasteiger partial charge in [0.25, 0.3) is 0 Å². The molecule has 3 rings (SSSR count). The van der Waals surface area contributed by atoms with E-state index in [0.717, 1.165) is 13.0 Å². The van der Waals surface area contributed by atoms with Crippen molar-refractivity contribution in [3.63, 3.8) is 0 Å². The summed E-state index contributed by atoms with van der Waals surface area (Å²) in [4.78, 5) is 27.6. The van der Waals surface area contributed by atoms with Crippen LogP contribution in [-0.2, 0) is 16.0 Å². The summed E-state index contributed by atoms with van der Waals surface area (Å²) in [6, 6.07) is 8.91. The molecular weight excluding hydrogens is 278 g/mol. The Morgan fingerprint density at radius 2 is 2.09 bits per heavy atom. The van der Waals surface area contributed by atoms with Crippen LogP contribution in [0.25, 0.3) is 0 Å². The predicted octanol–water partition coefficient (Wildman–Crippen LogP) is 1.03. The number of amides is 2. The van der Waals surface area contributed by atoms with Gasteiger partial charge in [-0.1, -0.05) is 18.2 Å². The SMILES string of the molecule is C[C@@H]1Cc2ccccc2N1CCNC(=O)[C@@H]1CC(=O)N(C)C1. The van der Waals surface area contributed by atoms with Crippen LogP contribution in [0.3, 0.4) is 0 Å². The number of nitrogens with zero attached hydrogens (tertiary/aromatic N) is 2. The molecule has 2 aliphatic rings. The lowest BCUT2D eigenvalue weighted by Crippen LogP contribution is -2.40. The van der Waals surface area contributed by atoms with Crippen molar-refractivity contribution in [3.05, 3.63) is 29.8 Å². The van der Waals surface area contributed by atoms with Gasteiger partial charge in [0, 0.05) is 44.8 Å². The highest BCUT2D eigenvalue weighted by molar-refractivity contribution is 5.89. The Hall–Kier alpha value is -2.04. The van der Waals surface area contributed by atoms with E-state index in [9.17, 15) is 9.59 Å². The maximum Gasteiger partial charge on any atom is 0.225 e. The Balaban J connectivity index is 1.51. The Labute approximate surface area is 131 Å². The van der Waals surface area contributed by atoms with Gasteiger partial charge < -0.3 is 15.1 Å². The number of carbonyl (C=O) groups excluding carboxylic acids is 2. The molecule has 5 nitrogen and oxygen atoms in total. The van der Waals surface area contributed by atoms with Gasteiger partial charge >= 0.3 is 0 Å². The second-order valence-corrected chi connectivity index (χ2v) is 6.34. The molecule has 0 radical (unpaired) electrons. The van der Waals surface area contributed by atoms with E-state index in [-0.39, 0.29) is 17.7 Å². The zero-order chi connectivity index (χ0) is 15.7. The van der Waals surface area contributed by atoms with Crippen molar-refractivity contribution < 1.29 is 9.59 Å². The number of carbonyl (C=O) groups is 2. The first-order valence-corrected chi connectivity index (χ1v) is 7.92. The molecule has 0 bridgehead atoms. The maximum absolute atomic E-state index is 12.1. The van der Waals surface area contributed by atoms with E-state index in [1.165, 1.54) is 11.3 Å². The van der Waals surface area contributed by atoms with E-state index < -0.39 is 0 Å². The minimum absolute atomic E-state index is 0.00200. The molecule has 1 N–H and O–H groups in total. The van der Waals surface area contributed by atoms with Crippen molar-refractivity contribution in [1.82, 2.24) is 10.2 Å². The molecule has 2 amide bonds. The summed E-state index contributed by atoms with van der Waals surface area (Å²) in [6.45, 7) is 4.17. The number of hydrogen-bond acceptors (Lipinski definition) is 3. The number of rotatable bonds is 4. The largest absolute Gasteiger partial charge is 0.367 e. The molecule has 1 aromatic rings. The van der Waals surface area contributed by atoms with Crippen LogP contribution < -0.4 is 10.2 Å². The van der Waals surface area contributed by atoms with Crippen LogP contribution in [0, 0.1) is 5.92 Å². The first kappa shape index (κ1) is 14.9. The van der Waals surface area contributed by atoms with Gasteiger partial charge in [0.1, 0.15) is 0 Å². The van der Waals surface area contributed by atoms with E-state index in [1.54, 1.807) is 11.9 Å². The molecule has 5 heteroatoms. The summed E-state index contributed by atoms with van der Waals surface area (Å²) in [7, 11) is 1.75. The molecule has 2 aliphatic heterocycles. The number of hydrogen-bond donors (Lipinski definition) is 1. The smallest absolute Gasteiger partial charge is 0.225 e. The van der Waals surface area contributed by atoms with E-state index in [0.29, 0.717) is 25.6 Å². The molecule has 1 fully saturated rings. The van der Waals surface area contributed by atoms with Gasteiger partial charge in [-0.2, -0.15) is 0 Å². The van der Waals surface area contributed by atoms with Crippen LogP contribution >= 0.6 is 0 Å². The zero-order valence-corrected chi connectivity index (χ0v) is 13.2. The van der Waals surface area contributed by atoms with E-state index in [1.807, 2.05) is 0 Å². The molecule has 0 aliphatic carbocycles. The van der Waals surface area contributed by atoms with E-state index in [2.05, 4.69) is 41.4 Å². The molecule has 1 aromatic carbocycles. The molecule has 2 atom stereocenters. The van der Waals surface area contributed by atoms with Crippen molar-refractivity contribution in [2.45, 2.75) is 25.8 Å². The first-order chi connectivity index (χ1) is 10.6. The van der Waals surface area contributed by atoms with Crippen LogP contribution in [0.2, 0.25) is 0 Å². The summed E-state index contributed by atoms with van der Waals surface area (Å²) >= 11 is 0. The highest BCUT2D eigenvalue weighted by Crippen LogP contribution is 2.31. The van der Waals surface area contributed by atoms with Crippen LogP contribution in [0.5, 0.6) is 0 Å². The number of likely N-dealkylation sites (tertiary alicyclic amines) is 1. The highest BCUT2D eigenvalue weighted by Gasteiger charge is 2.32. The Kier molecular flexibility index (Phi) is 4.05. The molecular formula is C17H23N3O2. The number of fused-ring (bicyclic) bond motifs is 1. The molecule has 0 spiro atoms. The summed E-state index contributed by atoms with van der Waals surface area (Å²) in [6.07, 6.45) is 1.40. The topological polar surface area (TPSA) is 52.7 Å². The molecule has 2 heterocycles. The van der Waals surface area contributed by atoms with Gasteiger partial charge in [0.05, 0.1) is 5.92 Å². The average Bonchev–Trinajstić information content (AvgIpc) is 2.99. The normalized spacial score (nSPS) is 23.8. The monoisotopic (exact) mass is 301 g/mol. The Morgan fingerprint density at radius 3 is 2.82 bits per heavy atom. The lowest BCUT2D eigenvalue weighted by Gasteiger charge is -2.25. The molecule has 118 valence electrons. The second kappa shape index (κ2) is 5.99. The van der Waals surface area contributed by atoms with Gasteiger partial charge in [0.2, 0.25) is 11.8 Å². The zero-order valence-electron chi connectivity index (χ0n) is 13.2. The average molecular weight is 301 g/mol. The van der Waals surface area contributed by atoms with Crippen molar-refractivity contribution >= 4 is 17.5 Å². The third-order valence-electron chi connectivity index (χ3n) is 4.71. The van der Waals surface area contributed by atoms with Crippen LogP contribution in [0.15, 0.2) is 24.3 Å². The quantitative estimate of drug-likeness (QED) is 0.904. The van der Waals surface area contributed by atoms with Gasteiger partial charge in [0.15, 0.2) is 0 Å². The molecule has 0 unspecified atom stereocenters. The fourth-order valence-electron chi connectivity index (χ4n) is 3.45. The van der Waals surface area contributed by atoms with E-state index in [4.69, 9.17) is 0 Å². The molecule has 1 saturated heterocycles. The van der Waals surface area contributed by atoms with Gasteiger partial charge in [-0.3, -0.25) is 9.59 Å². The summed E-state index contributed by atoms with van der Waals surface area (Å²) < 4.78 is 0. The Morgan fingerprint density at radius 1 is 1.32 bits per heavy atom.